The average molecular weight is 388 g/mol. The minimum Gasteiger partial charge on any atom is -0.497 e. The summed E-state index contributed by atoms with van der Waals surface area (Å²) in [5.41, 5.74) is 2.27. The van der Waals surface area contributed by atoms with Crippen LogP contribution in [0, 0.1) is 5.82 Å². The van der Waals surface area contributed by atoms with Gasteiger partial charge in [0.05, 0.1) is 18.9 Å². The first-order valence-electron chi connectivity index (χ1n) is 8.90. The van der Waals surface area contributed by atoms with Crippen LogP contribution in [-0.4, -0.2) is 18.0 Å². The summed E-state index contributed by atoms with van der Waals surface area (Å²) in [5.74, 6) is 0.890. The van der Waals surface area contributed by atoms with E-state index < -0.39 is 0 Å². The second-order valence-electron chi connectivity index (χ2n) is 6.27. The maximum absolute atomic E-state index is 13.1. The number of methoxy groups -OCH3 is 1. The molecule has 0 bridgehead atoms. The number of halogens is 1. The molecule has 29 heavy (non-hydrogen) atoms. The molecule has 0 fully saturated rings. The molecule has 6 heteroatoms. The number of aromatic nitrogens is 1. The molecule has 0 saturated carbocycles. The number of ether oxygens (including phenoxy) is 1. The van der Waals surface area contributed by atoms with Crippen molar-refractivity contribution in [2.75, 3.05) is 12.4 Å². The van der Waals surface area contributed by atoms with Crippen molar-refractivity contribution >= 4 is 11.6 Å². The minimum atomic E-state index is -0.367. The topological polar surface area (TPSA) is 64.4 Å². The first-order valence-corrected chi connectivity index (χ1v) is 8.90. The maximum atomic E-state index is 13.1. The summed E-state index contributed by atoms with van der Waals surface area (Å²) >= 11 is 0. The van der Waals surface area contributed by atoms with Crippen molar-refractivity contribution in [2.24, 2.45) is 0 Å². The summed E-state index contributed by atoms with van der Waals surface area (Å²) in [4.78, 5) is 17.1. The van der Waals surface area contributed by atoms with Crippen LogP contribution in [0.3, 0.4) is 0 Å². The van der Waals surface area contributed by atoms with Crippen molar-refractivity contribution < 1.29 is 18.3 Å². The third-order valence-electron chi connectivity index (χ3n) is 4.36. The number of nitrogens with one attached hydrogen (secondary N) is 1. The van der Waals surface area contributed by atoms with Crippen LogP contribution < -0.4 is 10.1 Å². The van der Waals surface area contributed by atoms with E-state index in [9.17, 15) is 9.18 Å². The van der Waals surface area contributed by atoms with Crippen molar-refractivity contribution in [1.82, 2.24) is 4.98 Å². The molecule has 1 heterocycles. The lowest BCUT2D eigenvalue weighted by atomic mass is 10.1. The number of carbonyl (C=O) groups excluding carboxylic acids is 1. The lowest BCUT2D eigenvalue weighted by Gasteiger charge is -2.08. The smallest absolute Gasteiger partial charge is 0.256 e. The summed E-state index contributed by atoms with van der Waals surface area (Å²) in [5, 5.41) is 2.76. The van der Waals surface area contributed by atoms with Gasteiger partial charge in [-0.3, -0.25) is 4.79 Å². The van der Waals surface area contributed by atoms with Gasteiger partial charge in [0.25, 0.3) is 5.91 Å². The maximum Gasteiger partial charge on any atom is 0.256 e. The molecule has 3 aromatic carbocycles. The van der Waals surface area contributed by atoms with Crippen molar-refractivity contribution in [3.8, 4) is 28.5 Å². The van der Waals surface area contributed by atoms with E-state index in [0.717, 1.165) is 5.56 Å². The monoisotopic (exact) mass is 388 g/mol. The molecule has 1 N–H and O–H groups in total. The fourth-order valence-corrected chi connectivity index (χ4v) is 2.91. The Morgan fingerprint density at radius 3 is 2.62 bits per heavy atom. The van der Waals surface area contributed by atoms with Crippen LogP contribution >= 0.6 is 0 Å². The molecule has 0 aliphatic heterocycles. The number of carbonyl (C=O) groups is 1. The van der Waals surface area contributed by atoms with Crippen LogP contribution in [0.1, 0.15) is 10.4 Å². The molecule has 0 aliphatic rings. The van der Waals surface area contributed by atoms with E-state index in [4.69, 9.17) is 9.15 Å². The zero-order chi connectivity index (χ0) is 20.2. The molecule has 4 rings (SSSR count). The van der Waals surface area contributed by atoms with Gasteiger partial charge in [0.15, 0.2) is 5.76 Å². The number of hydrogen-bond donors (Lipinski definition) is 1. The average Bonchev–Trinajstić information content (AvgIpc) is 3.25. The highest BCUT2D eigenvalue weighted by Gasteiger charge is 2.17. The van der Waals surface area contributed by atoms with Crippen molar-refractivity contribution in [3.63, 3.8) is 0 Å². The highest BCUT2D eigenvalue weighted by molar-refractivity contribution is 6.08. The molecule has 0 saturated heterocycles. The lowest BCUT2D eigenvalue weighted by molar-refractivity contribution is 0.102. The van der Waals surface area contributed by atoms with Crippen LogP contribution in [0.25, 0.3) is 22.8 Å². The Labute approximate surface area is 166 Å². The van der Waals surface area contributed by atoms with E-state index in [1.807, 2.05) is 24.3 Å². The SMILES string of the molecule is COc1cccc(-c2cnc(-c3ccccc3C(=O)Nc3ccc(F)cc3)o2)c1. The first kappa shape index (κ1) is 18.4. The molecule has 4 aromatic rings. The highest BCUT2D eigenvalue weighted by atomic mass is 19.1. The van der Waals surface area contributed by atoms with Crippen molar-refractivity contribution in [2.45, 2.75) is 0 Å². The molecule has 0 spiro atoms. The number of benzene rings is 3. The highest BCUT2D eigenvalue weighted by Crippen LogP contribution is 2.30. The fraction of sp³-hybridized carbons (Fsp3) is 0.0435. The molecule has 0 radical (unpaired) electrons. The van der Waals surface area contributed by atoms with E-state index >= 15 is 0 Å². The normalized spacial score (nSPS) is 10.6. The first-order chi connectivity index (χ1) is 14.1. The van der Waals surface area contributed by atoms with E-state index in [1.165, 1.54) is 24.3 Å². The summed E-state index contributed by atoms with van der Waals surface area (Å²) in [6.45, 7) is 0. The van der Waals surface area contributed by atoms with Gasteiger partial charge >= 0.3 is 0 Å². The molecule has 1 amide bonds. The number of rotatable bonds is 5. The summed E-state index contributed by atoms with van der Waals surface area (Å²) in [6, 6.07) is 20.0. The Hall–Kier alpha value is -3.93. The molecule has 0 unspecified atom stereocenters. The van der Waals surface area contributed by atoms with Gasteiger partial charge in [0.2, 0.25) is 5.89 Å². The summed E-state index contributed by atoms with van der Waals surface area (Å²) < 4.78 is 24.2. The zero-order valence-corrected chi connectivity index (χ0v) is 15.6. The predicted molar refractivity (Wildman–Crippen MR) is 108 cm³/mol. The van der Waals surface area contributed by atoms with Crippen molar-refractivity contribution in [3.05, 3.63) is 90.4 Å². The Bertz CT molecular complexity index is 1150. The third-order valence-corrected chi connectivity index (χ3v) is 4.36. The van der Waals surface area contributed by atoms with Crippen LogP contribution in [0.5, 0.6) is 5.75 Å². The van der Waals surface area contributed by atoms with Crippen molar-refractivity contribution in [1.29, 1.82) is 0 Å². The number of anilines is 1. The molecule has 0 aliphatic carbocycles. The summed E-state index contributed by atoms with van der Waals surface area (Å²) in [7, 11) is 1.60. The molecular formula is C23H17FN2O3. The zero-order valence-electron chi connectivity index (χ0n) is 15.6. The fourth-order valence-electron chi connectivity index (χ4n) is 2.91. The third kappa shape index (κ3) is 4.01. The van der Waals surface area contributed by atoms with Gasteiger partial charge in [-0.05, 0) is 48.5 Å². The number of oxazole rings is 1. The molecule has 144 valence electrons. The van der Waals surface area contributed by atoms with E-state index in [-0.39, 0.29) is 11.7 Å². The number of nitrogens with zero attached hydrogens (tertiary/aromatic N) is 1. The van der Waals surface area contributed by atoms with Gasteiger partial charge in [-0.15, -0.1) is 0 Å². The predicted octanol–water partition coefficient (Wildman–Crippen LogP) is 5.41. The Morgan fingerprint density at radius 2 is 1.83 bits per heavy atom. The Morgan fingerprint density at radius 1 is 1.03 bits per heavy atom. The largest absolute Gasteiger partial charge is 0.497 e. The van der Waals surface area contributed by atoms with Gasteiger partial charge < -0.3 is 14.5 Å². The van der Waals surface area contributed by atoms with Gasteiger partial charge in [-0.25, -0.2) is 9.37 Å². The molecule has 5 nitrogen and oxygen atoms in total. The lowest BCUT2D eigenvalue weighted by Crippen LogP contribution is -2.13. The quantitative estimate of drug-likeness (QED) is 0.497. The molecular weight excluding hydrogens is 371 g/mol. The number of hydrogen-bond acceptors (Lipinski definition) is 4. The van der Waals surface area contributed by atoms with E-state index in [0.29, 0.717) is 34.2 Å². The van der Waals surface area contributed by atoms with E-state index in [2.05, 4.69) is 10.3 Å². The van der Waals surface area contributed by atoms with Gasteiger partial charge in [0, 0.05) is 16.8 Å². The minimum absolute atomic E-state index is 0.327. The second kappa shape index (κ2) is 7.98. The van der Waals surface area contributed by atoms with Crippen LogP contribution in [0.2, 0.25) is 0 Å². The van der Waals surface area contributed by atoms with E-state index in [1.54, 1.807) is 37.6 Å². The Kier molecular flexibility index (Phi) is 5.07. The Balaban J connectivity index is 1.64. The van der Waals surface area contributed by atoms with Gasteiger partial charge in [0.1, 0.15) is 11.6 Å². The van der Waals surface area contributed by atoms with Crippen LogP contribution in [-0.2, 0) is 0 Å². The number of amides is 1. The standard InChI is InChI=1S/C23H17FN2O3/c1-28-18-6-4-5-15(13-18)21-14-25-23(29-21)20-8-3-2-7-19(20)22(27)26-17-11-9-16(24)10-12-17/h2-14H,1H3,(H,26,27). The van der Waals surface area contributed by atoms with Crippen LogP contribution in [0.4, 0.5) is 10.1 Å². The molecule has 1 aromatic heterocycles. The van der Waals surface area contributed by atoms with Gasteiger partial charge in [-0.1, -0.05) is 24.3 Å². The molecule has 0 atom stereocenters. The summed E-state index contributed by atoms with van der Waals surface area (Å²) in [6.07, 6.45) is 1.61. The van der Waals surface area contributed by atoms with Gasteiger partial charge in [-0.2, -0.15) is 0 Å². The van der Waals surface area contributed by atoms with Crippen LogP contribution in [0.15, 0.2) is 83.4 Å². The second-order valence-corrected chi connectivity index (χ2v) is 6.27.